The Morgan fingerprint density at radius 3 is 2.48 bits per heavy atom. The largest absolute Gasteiger partial charge is 0.465 e. The maximum absolute atomic E-state index is 13.4. The fraction of sp³-hybridized carbons (Fsp3) is 0.0667. The lowest BCUT2D eigenvalue weighted by atomic mass is 10.1. The number of methoxy groups -OCH3 is 1. The zero-order valence-corrected chi connectivity index (χ0v) is 11.8. The van der Waals surface area contributed by atoms with Crippen LogP contribution in [0.5, 0.6) is 0 Å². The van der Waals surface area contributed by atoms with Gasteiger partial charge in [0.2, 0.25) is 0 Å². The Bertz CT molecular complexity index is 703. The molecule has 0 aliphatic carbocycles. The molecular weight excluding hydrogens is 297 g/mol. The minimum atomic E-state index is -0.689. The van der Waals surface area contributed by atoms with Gasteiger partial charge in [0.15, 0.2) is 0 Å². The first-order valence-electron chi connectivity index (χ1n) is 5.97. The van der Waals surface area contributed by atoms with Crippen LogP contribution in [0.15, 0.2) is 42.5 Å². The van der Waals surface area contributed by atoms with Gasteiger partial charge in [-0.3, -0.25) is 4.79 Å². The molecule has 0 saturated carbocycles. The molecule has 6 heteroatoms. The Morgan fingerprint density at radius 1 is 1.10 bits per heavy atom. The van der Waals surface area contributed by atoms with E-state index < -0.39 is 17.7 Å². The lowest BCUT2D eigenvalue weighted by Crippen LogP contribution is -2.16. The monoisotopic (exact) mass is 307 g/mol. The molecule has 0 aliphatic heterocycles. The fourth-order valence-corrected chi connectivity index (χ4v) is 1.96. The highest BCUT2D eigenvalue weighted by molar-refractivity contribution is 6.34. The maximum Gasteiger partial charge on any atom is 0.339 e. The van der Waals surface area contributed by atoms with Gasteiger partial charge in [0, 0.05) is 0 Å². The molecule has 108 valence electrons. The van der Waals surface area contributed by atoms with E-state index in [-0.39, 0.29) is 21.8 Å². The number of hydrogen-bond donors (Lipinski definition) is 1. The van der Waals surface area contributed by atoms with Crippen LogP contribution in [0, 0.1) is 5.82 Å². The average Bonchev–Trinajstić information content (AvgIpc) is 2.49. The van der Waals surface area contributed by atoms with Gasteiger partial charge in [-0.25, -0.2) is 9.18 Å². The molecule has 4 nitrogen and oxygen atoms in total. The Hall–Kier alpha value is -2.40. The highest BCUT2D eigenvalue weighted by Gasteiger charge is 2.17. The molecule has 0 saturated heterocycles. The fourth-order valence-electron chi connectivity index (χ4n) is 1.75. The van der Waals surface area contributed by atoms with E-state index in [0.717, 1.165) is 6.07 Å². The molecule has 0 unspecified atom stereocenters. The number of carbonyl (C=O) groups excluding carboxylic acids is 2. The number of ether oxygens (including phenoxy) is 1. The quantitative estimate of drug-likeness (QED) is 0.883. The van der Waals surface area contributed by atoms with E-state index in [2.05, 4.69) is 10.1 Å². The summed E-state index contributed by atoms with van der Waals surface area (Å²) in [7, 11) is 1.24. The second-order valence-corrected chi connectivity index (χ2v) is 4.47. The zero-order valence-electron chi connectivity index (χ0n) is 11.0. The second kappa shape index (κ2) is 6.37. The van der Waals surface area contributed by atoms with Crippen molar-refractivity contribution in [1.82, 2.24) is 0 Å². The summed E-state index contributed by atoms with van der Waals surface area (Å²) in [5.74, 6) is -1.89. The molecule has 1 N–H and O–H groups in total. The molecule has 0 atom stereocenters. The number of benzene rings is 2. The number of rotatable bonds is 3. The zero-order chi connectivity index (χ0) is 15.4. The number of halogens is 2. The maximum atomic E-state index is 13.4. The van der Waals surface area contributed by atoms with Crippen LogP contribution in [0.25, 0.3) is 0 Å². The van der Waals surface area contributed by atoms with Crippen LogP contribution in [-0.2, 0) is 4.74 Å². The Labute approximate surface area is 125 Å². The van der Waals surface area contributed by atoms with Crippen LogP contribution in [0.3, 0.4) is 0 Å². The Balaban J connectivity index is 2.32. The number of carbonyl (C=O) groups is 2. The molecule has 0 bridgehead atoms. The SMILES string of the molecule is COC(=O)c1ccccc1NC(=O)c1cccc(F)c1Cl. The number of anilines is 1. The molecule has 21 heavy (non-hydrogen) atoms. The Morgan fingerprint density at radius 2 is 1.76 bits per heavy atom. The molecule has 0 spiro atoms. The van der Waals surface area contributed by atoms with Crippen LogP contribution in [0.1, 0.15) is 20.7 Å². The van der Waals surface area contributed by atoms with E-state index >= 15 is 0 Å². The summed E-state index contributed by atoms with van der Waals surface area (Å²) in [4.78, 5) is 23.7. The van der Waals surface area contributed by atoms with Gasteiger partial charge in [0.1, 0.15) is 5.82 Å². The van der Waals surface area contributed by atoms with E-state index in [1.54, 1.807) is 12.1 Å². The molecular formula is C15H11ClFNO3. The van der Waals surface area contributed by atoms with Gasteiger partial charge in [-0.15, -0.1) is 0 Å². The highest BCUT2D eigenvalue weighted by Crippen LogP contribution is 2.22. The van der Waals surface area contributed by atoms with Crippen molar-refractivity contribution in [3.63, 3.8) is 0 Å². The van der Waals surface area contributed by atoms with Crippen molar-refractivity contribution in [2.75, 3.05) is 12.4 Å². The summed E-state index contributed by atoms with van der Waals surface area (Å²) >= 11 is 5.76. The molecule has 0 aliphatic rings. The lowest BCUT2D eigenvalue weighted by Gasteiger charge is -2.10. The second-order valence-electron chi connectivity index (χ2n) is 4.09. The number of amides is 1. The third-order valence-electron chi connectivity index (χ3n) is 2.78. The van der Waals surface area contributed by atoms with E-state index in [4.69, 9.17) is 11.6 Å². The van der Waals surface area contributed by atoms with Gasteiger partial charge in [-0.2, -0.15) is 0 Å². The average molecular weight is 308 g/mol. The predicted octanol–water partition coefficient (Wildman–Crippen LogP) is 3.52. The normalized spacial score (nSPS) is 10.0. The molecule has 0 fully saturated rings. The summed E-state index contributed by atoms with van der Waals surface area (Å²) in [6.45, 7) is 0. The minimum Gasteiger partial charge on any atom is -0.465 e. The van der Waals surface area contributed by atoms with Crippen molar-refractivity contribution in [2.24, 2.45) is 0 Å². The molecule has 0 aromatic heterocycles. The summed E-state index contributed by atoms with van der Waals surface area (Å²) in [5.41, 5.74) is 0.437. The molecule has 1 amide bonds. The van der Waals surface area contributed by atoms with Gasteiger partial charge < -0.3 is 10.1 Å². The smallest absolute Gasteiger partial charge is 0.339 e. The van der Waals surface area contributed by atoms with Crippen LogP contribution < -0.4 is 5.32 Å². The van der Waals surface area contributed by atoms with Crippen molar-refractivity contribution >= 4 is 29.2 Å². The van der Waals surface area contributed by atoms with Gasteiger partial charge in [-0.1, -0.05) is 29.8 Å². The number of hydrogen-bond acceptors (Lipinski definition) is 3. The lowest BCUT2D eigenvalue weighted by molar-refractivity contribution is 0.0602. The van der Waals surface area contributed by atoms with Crippen molar-refractivity contribution < 1.29 is 18.7 Å². The van der Waals surface area contributed by atoms with Gasteiger partial charge in [0.25, 0.3) is 5.91 Å². The van der Waals surface area contributed by atoms with Gasteiger partial charge >= 0.3 is 5.97 Å². The van der Waals surface area contributed by atoms with Crippen LogP contribution in [0.2, 0.25) is 5.02 Å². The first kappa shape index (κ1) is 15.0. The van der Waals surface area contributed by atoms with Crippen molar-refractivity contribution in [3.8, 4) is 0 Å². The summed E-state index contributed by atoms with van der Waals surface area (Å²) in [6, 6.07) is 10.3. The highest BCUT2D eigenvalue weighted by atomic mass is 35.5. The van der Waals surface area contributed by atoms with E-state index in [1.807, 2.05) is 0 Å². The number of esters is 1. The van der Waals surface area contributed by atoms with Gasteiger partial charge in [0.05, 0.1) is 28.9 Å². The van der Waals surface area contributed by atoms with Crippen LogP contribution in [0.4, 0.5) is 10.1 Å². The van der Waals surface area contributed by atoms with Crippen molar-refractivity contribution in [3.05, 3.63) is 64.4 Å². The molecule has 2 rings (SSSR count). The van der Waals surface area contributed by atoms with E-state index in [0.29, 0.717) is 0 Å². The van der Waals surface area contributed by atoms with Gasteiger partial charge in [-0.05, 0) is 24.3 Å². The van der Waals surface area contributed by atoms with Crippen molar-refractivity contribution in [2.45, 2.75) is 0 Å². The first-order valence-corrected chi connectivity index (χ1v) is 6.35. The topological polar surface area (TPSA) is 55.4 Å². The third-order valence-corrected chi connectivity index (χ3v) is 3.16. The standard InChI is InChI=1S/C15H11ClFNO3/c1-21-15(20)9-5-2-3-8-12(9)18-14(19)10-6-4-7-11(17)13(10)16/h2-8H,1H3,(H,18,19). The summed E-state index contributed by atoms with van der Waals surface area (Å²) in [5, 5.41) is 2.25. The molecule has 2 aromatic carbocycles. The van der Waals surface area contributed by atoms with Crippen LogP contribution in [-0.4, -0.2) is 19.0 Å². The van der Waals surface area contributed by atoms with E-state index in [1.165, 1.54) is 31.4 Å². The van der Waals surface area contributed by atoms with E-state index in [9.17, 15) is 14.0 Å². The third kappa shape index (κ3) is 3.20. The molecule has 2 aromatic rings. The van der Waals surface area contributed by atoms with Crippen LogP contribution >= 0.6 is 11.6 Å². The molecule has 0 radical (unpaired) electrons. The van der Waals surface area contributed by atoms with Crippen molar-refractivity contribution in [1.29, 1.82) is 0 Å². The summed E-state index contributed by atoms with van der Waals surface area (Å²) in [6.07, 6.45) is 0. The summed E-state index contributed by atoms with van der Waals surface area (Å²) < 4.78 is 18.0. The molecule has 0 heterocycles. The minimum absolute atomic E-state index is 0.0173. The number of para-hydroxylation sites is 1. The first-order chi connectivity index (χ1) is 10.0. The Kier molecular flexibility index (Phi) is 4.55. The predicted molar refractivity (Wildman–Crippen MR) is 77.1 cm³/mol. The number of nitrogens with one attached hydrogen (secondary N) is 1.